The number of amides is 2. The van der Waals surface area contributed by atoms with Crippen molar-refractivity contribution in [2.24, 2.45) is 21.7 Å². The molecule has 0 saturated carbocycles. The lowest BCUT2D eigenvalue weighted by molar-refractivity contribution is -0.134. The molecule has 0 aromatic carbocycles. The van der Waals surface area contributed by atoms with Gasteiger partial charge in [-0.05, 0) is 24.3 Å². The third-order valence-electron chi connectivity index (χ3n) is 5.46. The second-order valence-electron chi connectivity index (χ2n) is 10.9. The summed E-state index contributed by atoms with van der Waals surface area (Å²) in [5, 5.41) is 9.24. The molecule has 1 unspecified atom stereocenters. The Morgan fingerprint density at radius 3 is 1.46 bits per heavy atom. The highest BCUT2D eigenvalue weighted by atomic mass is 16.2. The maximum Gasteiger partial charge on any atom is 0.226 e. The van der Waals surface area contributed by atoms with E-state index in [9.17, 15) is 9.59 Å². The number of carbonyl (C=O) groups is 2. The molecule has 0 fully saturated rings. The molecule has 0 radical (unpaired) electrons. The van der Waals surface area contributed by atoms with Crippen molar-refractivity contribution in [3.63, 3.8) is 0 Å². The van der Waals surface area contributed by atoms with Crippen LogP contribution in [0.1, 0.15) is 89.5 Å². The second-order valence-corrected chi connectivity index (χ2v) is 10.9. The van der Waals surface area contributed by atoms with E-state index in [0.717, 1.165) is 6.42 Å². The molecule has 0 spiro atoms. The van der Waals surface area contributed by atoms with Gasteiger partial charge in [-0.15, -0.1) is 0 Å². The normalized spacial score (nSPS) is 13.9. The van der Waals surface area contributed by atoms with E-state index in [1.54, 1.807) is 0 Å². The predicted octanol–water partition coefficient (Wildman–Crippen LogP) is 4.37. The van der Waals surface area contributed by atoms with Crippen molar-refractivity contribution in [3.8, 4) is 0 Å². The summed E-state index contributed by atoms with van der Waals surface area (Å²) in [5.74, 6) is 0.0821. The third-order valence-corrected chi connectivity index (χ3v) is 5.46. The van der Waals surface area contributed by atoms with Gasteiger partial charge in [0.25, 0.3) is 0 Å². The SMILES string of the molecule is CC.CNC(CNC(=O)C(C)(C)CC(C)(C)C)CNC(=O)C(C)(C)C(C)(C)C. The summed E-state index contributed by atoms with van der Waals surface area (Å²) in [7, 11) is 1.85. The van der Waals surface area contributed by atoms with Crippen molar-refractivity contribution in [2.45, 2.75) is 95.5 Å². The van der Waals surface area contributed by atoms with Gasteiger partial charge in [0.1, 0.15) is 0 Å². The largest absolute Gasteiger partial charge is 0.354 e. The average molecular weight is 400 g/mol. The molecule has 0 aliphatic heterocycles. The zero-order chi connectivity index (χ0) is 23.0. The first-order valence-electron chi connectivity index (χ1n) is 10.7. The molecule has 0 aliphatic carbocycles. The van der Waals surface area contributed by atoms with Gasteiger partial charge >= 0.3 is 0 Å². The third kappa shape index (κ3) is 9.90. The molecule has 0 aromatic rings. The fourth-order valence-electron chi connectivity index (χ4n) is 2.92. The number of hydrogen-bond donors (Lipinski definition) is 3. The molecule has 28 heavy (non-hydrogen) atoms. The first kappa shape index (κ1) is 29.1. The highest BCUT2D eigenvalue weighted by Crippen LogP contribution is 2.37. The molecule has 5 nitrogen and oxygen atoms in total. The van der Waals surface area contributed by atoms with Gasteiger partial charge in [-0.25, -0.2) is 0 Å². The van der Waals surface area contributed by atoms with Crippen LogP contribution >= 0.6 is 0 Å². The van der Waals surface area contributed by atoms with E-state index in [2.05, 4.69) is 57.5 Å². The van der Waals surface area contributed by atoms with E-state index in [1.165, 1.54) is 0 Å². The van der Waals surface area contributed by atoms with E-state index >= 15 is 0 Å². The lowest BCUT2D eigenvalue weighted by Crippen LogP contribution is -2.52. The van der Waals surface area contributed by atoms with Crippen LogP contribution in [0.15, 0.2) is 0 Å². The minimum Gasteiger partial charge on any atom is -0.354 e. The van der Waals surface area contributed by atoms with Crippen LogP contribution in [0, 0.1) is 21.7 Å². The standard InChI is InChI=1S/C21H43N3O2.C2H6/c1-18(2,3)14-20(7,8)16(25)23-12-15(22-11)13-24-17(26)21(9,10)19(4,5)6;1-2/h15,22H,12-14H2,1-11H3,(H,23,25)(H,24,26);1-2H3. The van der Waals surface area contributed by atoms with Gasteiger partial charge in [0.05, 0.1) is 0 Å². The number of rotatable bonds is 8. The molecule has 0 bridgehead atoms. The van der Waals surface area contributed by atoms with Crippen LogP contribution in [0.25, 0.3) is 0 Å². The molecule has 0 heterocycles. The fourth-order valence-corrected chi connectivity index (χ4v) is 2.92. The first-order valence-corrected chi connectivity index (χ1v) is 10.7. The van der Waals surface area contributed by atoms with Crippen LogP contribution in [0.3, 0.4) is 0 Å². The van der Waals surface area contributed by atoms with Crippen LogP contribution < -0.4 is 16.0 Å². The molecule has 0 rings (SSSR count). The summed E-state index contributed by atoms with van der Waals surface area (Å²) in [6.45, 7) is 25.5. The Hall–Kier alpha value is -1.10. The molecular formula is C23H49N3O2. The van der Waals surface area contributed by atoms with Gasteiger partial charge < -0.3 is 16.0 Å². The average Bonchev–Trinajstić information content (AvgIpc) is 2.52. The summed E-state index contributed by atoms with van der Waals surface area (Å²) >= 11 is 0. The van der Waals surface area contributed by atoms with Gasteiger partial charge in [-0.1, -0.05) is 83.1 Å². The van der Waals surface area contributed by atoms with Crippen LogP contribution in [0.4, 0.5) is 0 Å². The Balaban J connectivity index is 0. The summed E-state index contributed by atoms with van der Waals surface area (Å²) in [6, 6.07) is -0.0101. The highest BCUT2D eigenvalue weighted by Gasteiger charge is 2.39. The van der Waals surface area contributed by atoms with Gasteiger partial charge in [-0.2, -0.15) is 0 Å². The Bertz CT molecular complexity index is 483. The molecule has 0 aliphatic rings. The van der Waals surface area contributed by atoms with Crippen molar-refractivity contribution >= 4 is 11.8 Å². The minimum absolute atomic E-state index is 0.0101. The first-order chi connectivity index (χ1) is 12.4. The zero-order valence-electron chi connectivity index (χ0n) is 21.0. The lowest BCUT2D eigenvalue weighted by Gasteiger charge is -2.37. The van der Waals surface area contributed by atoms with Crippen molar-refractivity contribution in [2.75, 3.05) is 20.1 Å². The van der Waals surface area contributed by atoms with Crippen molar-refractivity contribution in [3.05, 3.63) is 0 Å². The molecule has 0 aromatic heterocycles. The van der Waals surface area contributed by atoms with Gasteiger partial charge in [-0.3, -0.25) is 9.59 Å². The van der Waals surface area contributed by atoms with Crippen molar-refractivity contribution < 1.29 is 9.59 Å². The lowest BCUT2D eigenvalue weighted by atomic mass is 9.68. The molecule has 168 valence electrons. The topological polar surface area (TPSA) is 70.2 Å². The maximum absolute atomic E-state index is 12.6. The number of likely N-dealkylation sites (N-methyl/N-ethyl adjacent to an activating group) is 1. The molecule has 3 N–H and O–H groups in total. The summed E-state index contributed by atoms with van der Waals surface area (Å²) in [4.78, 5) is 25.1. The molecule has 0 saturated heterocycles. The highest BCUT2D eigenvalue weighted by molar-refractivity contribution is 5.83. The van der Waals surface area contributed by atoms with Crippen LogP contribution in [-0.4, -0.2) is 38.0 Å². The Morgan fingerprint density at radius 2 is 1.14 bits per heavy atom. The minimum atomic E-state index is -0.469. The number of carbonyl (C=O) groups excluding carboxylic acids is 2. The number of hydrogen-bond acceptors (Lipinski definition) is 3. The zero-order valence-corrected chi connectivity index (χ0v) is 21.0. The molecule has 5 heteroatoms. The van der Waals surface area contributed by atoms with Crippen LogP contribution in [0.2, 0.25) is 0 Å². The van der Waals surface area contributed by atoms with Crippen molar-refractivity contribution in [1.82, 2.24) is 16.0 Å². The second kappa shape index (κ2) is 11.2. The summed E-state index contributed by atoms with van der Waals surface area (Å²) in [6.07, 6.45) is 0.812. The molecular weight excluding hydrogens is 350 g/mol. The fraction of sp³-hybridized carbons (Fsp3) is 0.913. The Labute approximate surface area is 175 Å². The van der Waals surface area contributed by atoms with Gasteiger partial charge in [0.15, 0.2) is 0 Å². The van der Waals surface area contributed by atoms with E-state index in [1.807, 2.05) is 48.6 Å². The van der Waals surface area contributed by atoms with Gasteiger partial charge in [0.2, 0.25) is 11.8 Å². The monoisotopic (exact) mass is 399 g/mol. The van der Waals surface area contributed by atoms with E-state index in [0.29, 0.717) is 13.1 Å². The maximum atomic E-state index is 12.6. The van der Waals surface area contributed by atoms with Gasteiger partial charge in [0, 0.05) is 30.0 Å². The summed E-state index contributed by atoms with van der Waals surface area (Å²) < 4.78 is 0. The van der Waals surface area contributed by atoms with E-state index in [4.69, 9.17) is 0 Å². The van der Waals surface area contributed by atoms with Crippen LogP contribution in [-0.2, 0) is 9.59 Å². The number of nitrogens with one attached hydrogen (secondary N) is 3. The predicted molar refractivity (Wildman–Crippen MR) is 121 cm³/mol. The van der Waals surface area contributed by atoms with Crippen molar-refractivity contribution in [1.29, 1.82) is 0 Å². The quantitative estimate of drug-likeness (QED) is 0.568. The molecule has 2 amide bonds. The smallest absolute Gasteiger partial charge is 0.226 e. The van der Waals surface area contributed by atoms with Crippen LogP contribution in [0.5, 0.6) is 0 Å². The van der Waals surface area contributed by atoms with E-state index < -0.39 is 10.8 Å². The summed E-state index contributed by atoms with van der Waals surface area (Å²) in [5.41, 5.74) is -0.926. The Morgan fingerprint density at radius 1 is 0.750 bits per heavy atom. The Kier molecular flexibility index (Phi) is 11.6. The molecule has 1 atom stereocenters. The van der Waals surface area contributed by atoms with E-state index in [-0.39, 0.29) is 28.7 Å².